The molecule has 0 saturated carbocycles. The lowest BCUT2D eigenvalue weighted by Crippen LogP contribution is -2.43. The number of benzene rings is 1. The molecule has 3 heterocycles. The lowest BCUT2D eigenvalue weighted by Gasteiger charge is -2.39. The van der Waals surface area contributed by atoms with Crippen LogP contribution in [0.1, 0.15) is 31.7 Å². The first-order valence-corrected chi connectivity index (χ1v) is 9.21. The molecule has 1 unspecified atom stereocenters. The topological polar surface area (TPSA) is 43.9 Å². The zero-order valence-corrected chi connectivity index (χ0v) is 14.9. The molecule has 0 N–H and O–H groups in total. The summed E-state index contributed by atoms with van der Waals surface area (Å²) in [6.45, 7) is 5.16. The lowest BCUT2D eigenvalue weighted by atomic mass is 9.76. The molecule has 0 bridgehead atoms. The molecule has 3 aliphatic heterocycles. The monoisotopic (exact) mass is 363 g/mol. The molecule has 3 amide bonds. The van der Waals surface area contributed by atoms with Crippen molar-refractivity contribution in [1.29, 1.82) is 0 Å². The molecular weight excluding hydrogens is 340 g/mol. The number of likely N-dealkylation sites (N-methyl/N-ethyl adjacent to an activating group) is 1. The molecule has 1 aromatic carbocycles. The SMILES string of the molecule is CCN1C(=O)C2CC3(CCN(Cc4ccc(F)c(F)c4)CC3)CN2C1=O. The first kappa shape index (κ1) is 17.4. The molecule has 7 heteroatoms. The Kier molecular flexibility index (Phi) is 4.22. The Morgan fingerprint density at radius 3 is 2.50 bits per heavy atom. The van der Waals surface area contributed by atoms with Gasteiger partial charge in [-0.25, -0.2) is 13.6 Å². The number of amides is 3. The van der Waals surface area contributed by atoms with Crippen molar-refractivity contribution >= 4 is 11.9 Å². The fraction of sp³-hybridized carbons (Fsp3) is 0.579. The second kappa shape index (κ2) is 6.30. The number of halogens is 2. The van der Waals surface area contributed by atoms with Gasteiger partial charge in [0.1, 0.15) is 6.04 Å². The maximum atomic E-state index is 13.4. The minimum Gasteiger partial charge on any atom is -0.312 e. The quantitative estimate of drug-likeness (QED) is 0.776. The predicted octanol–water partition coefficient (Wildman–Crippen LogP) is 2.60. The molecule has 3 aliphatic rings. The van der Waals surface area contributed by atoms with Gasteiger partial charge in [-0.05, 0) is 62.4 Å². The highest BCUT2D eigenvalue weighted by Crippen LogP contribution is 2.46. The van der Waals surface area contributed by atoms with Gasteiger partial charge in [-0.1, -0.05) is 6.07 Å². The van der Waals surface area contributed by atoms with Crippen molar-refractivity contribution < 1.29 is 18.4 Å². The number of hydrogen-bond acceptors (Lipinski definition) is 3. The third kappa shape index (κ3) is 2.78. The minimum absolute atomic E-state index is 0.0143. The van der Waals surface area contributed by atoms with E-state index in [1.807, 2.05) is 6.92 Å². The number of nitrogens with zero attached hydrogens (tertiary/aromatic N) is 3. The molecule has 3 fully saturated rings. The van der Waals surface area contributed by atoms with Gasteiger partial charge in [-0.2, -0.15) is 0 Å². The lowest BCUT2D eigenvalue weighted by molar-refractivity contribution is -0.128. The van der Waals surface area contributed by atoms with Crippen LogP contribution in [0.4, 0.5) is 13.6 Å². The van der Waals surface area contributed by atoms with Crippen LogP contribution >= 0.6 is 0 Å². The van der Waals surface area contributed by atoms with E-state index in [1.54, 1.807) is 11.0 Å². The molecule has 3 saturated heterocycles. The molecule has 1 atom stereocenters. The highest BCUT2D eigenvalue weighted by molar-refractivity contribution is 6.04. The first-order chi connectivity index (χ1) is 12.4. The number of carbonyl (C=O) groups excluding carboxylic acids is 2. The number of rotatable bonds is 3. The standard InChI is InChI=1S/C19H23F2N3O2/c1-2-23-17(25)16-10-19(12-24(16)18(23)26)5-7-22(8-6-19)11-13-3-4-14(20)15(21)9-13/h3-4,9,16H,2,5-8,10-12H2,1H3. The molecule has 140 valence electrons. The van der Waals surface area contributed by atoms with E-state index in [4.69, 9.17) is 0 Å². The van der Waals surface area contributed by atoms with Crippen LogP contribution in [0.25, 0.3) is 0 Å². The number of urea groups is 1. The van der Waals surface area contributed by atoms with Crippen LogP contribution in [-0.2, 0) is 11.3 Å². The van der Waals surface area contributed by atoms with E-state index in [1.165, 1.54) is 11.0 Å². The van der Waals surface area contributed by atoms with Crippen LogP contribution in [0.3, 0.4) is 0 Å². The predicted molar refractivity (Wildman–Crippen MR) is 91.2 cm³/mol. The second-order valence-electron chi connectivity index (χ2n) is 7.74. The average Bonchev–Trinajstić information content (AvgIpc) is 3.09. The Bertz CT molecular complexity index is 720. The molecule has 5 nitrogen and oxygen atoms in total. The Balaban J connectivity index is 1.38. The van der Waals surface area contributed by atoms with Crippen molar-refractivity contribution in [2.45, 2.75) is 38.8 Å². The summed E-state index contributed by atoms with van der Waals surface area (Å²) in [6.07, 6.45) is 2.57. The van der Waals surface area contributed by atoms with E-state index < -0.39 is 11.6 Å². The zero-order chi connectivity index (χ0) is 18.5. The molecule has 1 aromatic rings. The highest BCUT2D eigenvalue weighted by Gasteiger charge is 2.55. The molecule has 0 radical (unpaired) electrons. The van der Waals surface area contributed by atoms with Crippen LogP contribution in [-0.4, -0.2) is 58.9 Å². The highest BCUT2D eigenvalue weighted by atomic mass is 19.2. The summed E-state index contributed by atoms with van der Waals surface area (Å²) in [5.74, 6) is -1.70. The smallest absolute Gasteiger partial charge is 0.312 e. The zero-order valence-electron chi connectivity index (χ0n) is 14.9. The Morgan fingerprint density at radius 1 is 1.15 bits per heavy atom. The van der Waals surface area contributed by atoms with Gasteiger partial charge in [-0.3, -0.25) is 14.6 Å². The third-order valence-electron chi connectivity index (χ3n) is 6.16. The van der Waals surface area contributed by atoms with Crippen LogP contribution < -0.4 is 0 Å². The van der Waals surface area contributed by atoms with Gasteiger partial charge >= 0.3 is 6.03 Å². The molecular formula is C19H23F2N3O2. The minimum atomic E-state index is -0.826. The number of hydrogen-bond donors (Lipinski definition) is 0. The van der Waals surface area contributed by atoms with Crippen LogP contribution in [0, 0.1) is 17.0 Å². The first-order valence-electron chi connectivity index (χ1n) is 9.21. The number of fused-ring (bicyclic) bond motifs is 1. The van der Waals surface area contributed by atoms with E-state index in [0.717, 1.165) is 44.0 Å². The summed E-state index contributed by atoms with van der Waals surface area (Å²) in [5, 5.41) is 0. The van der Waals surface area contributed by atoms with Gasteiger partial charge in [0.05, 0.1) is 0 Å². The molecule has 1 spiro atoms. The Labute approximate surface area is 151 Å². The second-order valence-corrected chi connectivity index (χ2v) is 7.74. The summed E-state index contributed by atoms with van der Waals surface area (Å²) in [6, 6.07) is 3.59. The van der Waals surface area contributed by atoms with Crippen molar-refractivity contribution in [3.8, 4) is 0 Å². The summed E-state index contributed by atoms with van der Waals surface area (Å²) >= 11 is 0. The number of likely N-dealkylation sites (tertiary alicyclic amines) is 1. The normalized spacial score (nSPS) is 25.4. The number of piperidine rings is 1. The number of carbonyl (C=O) groups is 2. The van der Waals surface area contributed by atoms with Crippen LogP contribution in [0.5, 0.6) is 0 Å². The molecule has 0 aromatic heterocycles. The van der Waals surface area contributed by atoms with Gasteiger partial charge in [0, 0.05) is 19.6 Å². The number of imide groups is 1. The summed E-state index contributed by atoms with van der Waals surface area (Å²) in [4.78, 5) is 30.1. The fourth-order valence-electron chi connectivity index (χ4n) is 4.64. The Hall–Kier alpha value is -2.02. The van der Waals surface area contributed by atoms with Crippen molar-refractivity contribution in [3.63, 3.8) is 0 Å². The molecule has 4 rings (SSSR count). The molecule has 26 heavy (non-hydrogen) atoms. The van der Waals surface area contributed by atoms with E-state index in [0.29, 0.717) is 19.6 Å². The van der Waals surface area contributed by atoms with Crippen molar-refractivity contribution in [2.75, 3.05) is 26.2 Å². The van der Waals surface area contributed by atoms with Crippen LogP contribution in [0.2, 0.25) is 0 Å². The average molecular weight is 363 g/mol. The van der Waals surface area contributed by atoms with E-state index >= 15 is 0 Å². The van der Waals surface area contributed by atoms with Gasteiger partial charge < -0.3 is 4.90 Å². The van der Waals surface area contributed by atoms with E-state index in [2.05, 4.69) is 4.90 Å². The van der Waals surface area contributed by atoms with Crippen molar-refractivity contribution in [3.05, 3.63) is 35.4 Å². The van der Waals surface area contributed by atoms with Gasteiger partial charge in [0.15, 0.2) is 11.6 Å². The van der Waals surface area contributed by atoms with Crippen LogP contribution in [0.15, 0.2) is 18.2 Å². The maximum Gasteiger partial charge on any atom is 0.327 e. The summed E-state index contributed by atoms with van der Waals surface area (Å²) < 4.78 is 26.4. The van der Waals surface area contributed by atoms with E-state index in [9.17, 15) is 18.4 Å². The van der Waals surface area contributed by atoms with Gasteiger partial charge in [0.2, 0.25) is 0 Å². The molecule has 0 aliphatic carbocycles. The third-order valence-corrected chi connectivity index (χ3v) is 6.16. The maximum absolute atomic E-state index is 13.4. The summed E-state index contributed by atoms with van der Waals surface area (Å²) in [7, 11) is 0. The fourth-order valence-corrected chi connectivity index (χ4v) is 4.64. The Morgan fingerprint density at radius 2 is 1.88 bits per heavy atom. The van der Waals surface area contributed by atoms with Crippen molar-refractivity contribution in [2.24, 2.45) is 5.41 Å². The largest absolute Gasteiger partial charge is 0.327 e. The van der Waals surface area contributed by atoms with Crippen molar-refractivity contribution in [1.82, 2.24) is 14.7 Å². The van der Waals surface area contributed by atoms with E-state index in [-0.39, 0.29) is 23.4 Å². The summed E-state index contributed by atoms with van der Waals surface area (Å²) in [5.41, 5.74) is 0.774. The van der Waals surface area contributed by atoms with Gasteiger partial charge in [0.25, 0.3) is 5.91 Å². The van der Waals surface area contributed by atoms with Gasteiger partial charge in [-0.15, -0.1) is 0 Å².